The van der Waals surface area contributed by atoms with Crippen LogP contribution in [0.15, 0.2) is 75.4 Å². The van der Waals surface area contributed by atoms with Crippen LogP contribution in [-0.2, 0) is 30.4 Å². The van der Waals surface area contributed by atoms with Crippen LogP contribution in [0.25, 0.3) is 6.08 Å². The van der Waals surface area contributed by atoms with Gasteiger partial charge in [0, 0.05) is 11.4 Å². The Kier molecular flexibility index (Phi) is 15.4. The third kappa shape index (κ3) is 10.7. The fourth-order valence-electron chi connectivity index (χ4n) is 4.35. The van der Waals surface area contributed by atoms with Gasteiger partial charge in [0.1, 0.15) is 36.4 Å². The van der Waals surface area contributed by atoms with Crippen molar-refractivity contribution in [3.63, 3.8) is 0 Å². The molecule has 0 fully saturated rings. The Morgan fingerprint density at radius 1 is 0.740 bits per heavy atom. The van der Waals surface area contributed by atoms with Gasteiger partial charge in [-0.2, -0.15) is 15.0 Å². The number of benzene rings is 3. The summed E-state index contributed by atoms with van der Waals surface area (Å²) in [6.45, 7) is 0. The van der Waals surface area contributed by atoms with E-state index in [1.807, 2.05) is 0 Å². The number of rotatable bonds is 10. The molecule has 0 radical (unpaired) electrons. The Labute approximate surface area is 356 Å². The van der Waals surface area contributed by atoms with Crippen LogP contribution in [0.3, 0.4) is 0 Å². The molecule has 0 spiro atoms. The first-order valence-electron chi connectivity index (χ1n) is 12.6. The predicted molar refractivity (Wildman–Crippen MR) is 164 cm³/mol. The number of fused-ring (bicyclic) bond motifs is 1. The summed E-state index contributed by atoms with van der Waals surface area (Å²) in [7, 11) is -15.7. The zero-order valence-corrected chi connectivity index (χ0v) is 35.2. The molecule has 1 aromatic heterocycles. The van der Waals surface area contributed by atoms with Crippen molar-refractivity contribution in [3.05, 3.63) is 82.0 Å². The summed E-state index contributed by atoms with van der Waals surface area (Å²) >= 11 is 6.05. The number of nitrogens with two attached hydrogens (primary N) is 1. The van der Waals surface area contributed by atoms with Gasteiger partial charge >= 0.3 is 88.7 Å². The SMILES string of the molecule is Nc1ccc(Nc2nc(Cl)nc(Nc3cc(S(=O)(=O)[O-])cc4c3C(=O)C(NNc3ccccc3S(=O)(=O)[O-])C(S(=O)(=O)[O-])=C4)n2)cc1.[Na+].[Na+].[Na+]. The summed E-state index contributed by atoms with van der Waals surface area (Å²) in [4.78, 5) is 23.0. The van der Waals surface area contributed by atoms with Gasteiger partial charge in [0.25, 0.3) is 0 Å². The fraction of sp³-hybridized carbons (Fsp3) is 0.0400. The fourth-order valence-corrected chi connectivity index (χ4v) is 6.40. The molecule has 0 saturated heterocycles. The Hall–Kier alpha value is -1.74. The number of Topliss-reactive ketones (excluding diaryl/α,β-unsaturated/α-hetero) is 1. The molecule has 0 bridgehead atoms. The van der Waals surface area contributed by atoms with Crippen molar-refractivity contribution in [3.8, 4) is 0 Å². The standard InChI is InChI=1S/C25H21ClN8O10S3.3Na/c26-23-30-24(28-14-7-5-13(27)6-8-14)32-25(31-23)29-17-11-15(45(36,37)38)9-12-10-19(47(42,43)44)21(22(35)20(12)17)34-33-16-3-1-2-4-18(16)46(39,40)41;;;/h1-11,21,33-34H,27H2,(H,36,37,38)(H,39,40,41)(H,42,43,44)(H2,28,29,30,31,32);;;/q;3*+1/p-3. The van der Waals surface area contributed by atoms with Crippen LogP contribution in [0, 0.1) is 0 Å². The van der Waals surface area contributed by atoms with Gasteiger partial charge in [-0.1, -0.05) is 12.1 Å². The number of hydrazine groups is 1. The maximum Gasteiger partial charge on any atom is 1.00 e. The monoisotopic (exact) mass is 790 g/mol. The number of halogens is 1. The number of carbonyl (C=O) groups is 1. The molecule has 5 rings (SSSR count). The second-order valence-electron chi connectivity index (χ2n) is 9.53. The molecule has 0 saturated carbocycles. The van der Waals surface area contributed by atoms with E-state index in [1.54, 1.807) is 24.3 Å². The van der Waals surface area contributed by atoms with Gasteiger partial charge in [0.05, 0.1) is 31.6 Å². The predicted octanol–water partition coefficient (Wildman–Crippen LogP) is -7.52. The molecule has 0 amide bonds. The number of nitrogen functional groups attached to an aromatic ring is 1. The number of hydrogen-bond acceptors (Lipinski definition) is 18. The first kappa shape index (κ1) is 44.4. The topological polar surface area (TPSA) is 301 Å². The molecular weight excluding hydrogens is 773 g/mol. The molecule has 1 aliphatic rings. The molecule has 246 valence electrons. The molecule has 18 nitrogen and oxygen atoms in total. The third-order valence-electron chi connectivity index (χ3n) is 6.34. The Balaban J connectivity index is 0.00000289. The number of nitrogens with zero attached hydrogens (tertiary/aromatic N) is 3. The van der Waals surface area contributed by atoms with Crippen LogP contribution in [0.2, 0.25) is 5.28 Å². The average Bonchev–Trinajstić information content (AvgIpc) is 2.96. The molecular formula is C25H18ClN8Na3O10S3. The quantitative estimate of drug-likeness (QED) is 0.0431. The number of anilines is 6. The number of aromatic nitrogens is 3. The van der Waals surface area contributed by atoms with E-state index < -0.39 is 79.4 Å². The Morgan fingerprint density at radius 2 is 1.34 bits per heavy atom. The Morgan fingerprint density at radius 3 is 1.92 bits per heavy atom. The maximum atomic E-state index is 13.9. The van der Waals surface area contributed by atoms with Gasteiger partial charge in [-0.15, -0.1) is 0 Å². The number of hydrogen-bond donors (Lipinski definition) is 5. The maximum absolute atomic E-state index is 13.9. The van der Waals surface area contributed by atoms with Gasteiger partial charge in [0.2, 0.25) is 17.2 Å². The van der Waals surface area contributed by atoms with Crippen molar-refractivity contribution in [1.29, 1.82) is 0 Å². The molecule has 50 heavy (non-hydrogen) atoms. The summed E-state index contributed by atoms with van der Waals surface area (Å²) in [5.41, 5.74) is 9.41. The van der Waals surface area contributed by atoms with Crippen LogP contribution < -0.4 is 116 Å². The van der Waals surface area contributed by atoms with Crippen LogP contribution in [0.1, 0.15) is 15.9 Å². The summed E-state index contributed by atoms with van der Waals surface area (Å²) in [6, 6.07) is 10.3. The van der Waals surface area contributed by atoms with Crippen LogP contribution in [0.5, 0.6) is 0 Å². The second-order valence-corrected chi connectivity index (χ2v) is 14.0. The molecule has 6 N–H and O–H groups in total. The van der Waals surface area contributed by atoms with Crippen molar-refractivity contribution in [2.75, 3.05) is 21.8 Å². The van der Waals surface area contributed by atoms with Gasteiger partial charge < -0.3 is 35.5 Å². The van der Waals surface area contributed by atoms with Gasteiger partial charge in [-0.05, 0) is 71.8 Å². The normalized spacial score (nSPS) is 14.1. The van der Waals surface area contributed by atoms with Gasteiger partial charge in [-0.25, -0.2) is 30.7 Å². The molecule has 0 aliphatic heterocycles. The van der Waals surface area contributed by atoms with Gasteiger partial charge in [-0.3, -0.25) is 4.79 Å². The minimum atomic E-state index is -5.46. The van der Waals surface area contributed by atoms with Crippen molar-refractivity contribution < 1.29 is 132 Å². The Bertz CT molecular complexity index is 2300. The van der Waals surface area contributed by atoms with Gasteiger partial charge in [0.15, 0.2) is 5.78 Å². The average molecular weight is 791 g/mol. The second kappa shape index (κ2) is 17.4. The van der Waals surface area contributed by atoms with Crippen LogP contribution in [0.4, 0.5) is 34.6 Å². The van der Waals surface area contributed by atoms with Crippen LogP contribution >= 0.6 is 11.6 Å². The molecule has 1 unspecified atom stereocenters. The van der Waals surface area contributed by atoms with Crippen molar-refractivity contribution in [2.24, 2.45) is 0 Å². The first-order chi connectivity index (χ1) is 21.9. The molecule has 25 heteroatoms. The zero-order valence-electron chi connectivity index (χ0n) is 26.0. The van der Waals surface area contributed by atoms with Crippen molar-refractivity contribution >= 4 is 88.5 Å². The smallest absolute Gasteiger partial charge is 0.744 e. The minimum absolute atomic E-state index is 0. The molecule has 1 aliphatic carbocycles. The molecule has 1 atom stereocenters. The van der Waals surface area contributed by atoms with Crippen molar-refractivity contribution in [1.82, 2.24) is 20.4 Å². The minimum Gasteiger partial charge on any atom is -0.744 e. The summed E-state index contributed by atoms with van der Waals surface area (Å²) < 4.78 is 108. The van der Waals surface area contributed by atoms with E-state index in [9.17, 15) is 43.7 Å². The third-order valence-corrected chi connectivity index (χ3v) is 9.15. The van der Waals surface area contributed by atoms with E-state index in [1.165, 1.54) is 12.1 Å². The largest absolute Gasteiger partial charge is 1.00 e. The summed E-state index contributed by atoms with van der Waals surface area (Å²) in [6.07, 6.45) is 0.656. The van der Waals surface area contributed by atoms with Crippen molar-refractivity contribution in [2.45, 2.75) is 15.8 Å². The van der Waals surface area contributed by atoms with E-state index in [-0.39, 0.29) is 106 Å². The number of ketones is 1. The summed E-state index contributed by atoms with van der Waals surface area (Å²) in [5.74, 6) is -1.67. The zero-order chi connectivity index (χ0) is 34.3. The van der Waals surface area contributed by atoms with E-state index in [0.717, 1.165) is 18.2 Å². The van der Waals surface area contributed by atoms with E-state index >= 15 is 0 Å². The first-order valence-corrected chi connectivity index (χ1v) is 17.2. The molecule has 3 aromatic carbocycles. The van der Waals surface area contributed by atoms with Crippen LogP contribution in [-0.4, -0.2) is 65.7 Å². The molecule has 1 heterocycles. The van der Waals surface area contributed by atoms with E-state index in [2.05, 4.69) is 36.4 Å². The molecule has 4 aromatic rings. The van der Waals surface area contributed by atoms with E-state index in [4.69, 9.17) is 17.3 Å². The number of para-hydroxylation sites is 1. The number of carbonyl (C=O) groups excluding carboxylic acids is 1. The number of nitrogens with one attached hydrogen (secondary N) is 4. The van der Waals surface area contributed by atoms with E-state index in [0.29, 0.717) is 23.5 Å². The summed E-state index contributed by atoms with van der Waals surface area (Å²) in [5, 5.41) is 5.03.